The molecule has 1 aromatic carbocycles. The molecule has 1 aliphatic carbocycles. The van der Waals surface area contributed by atoms with Gasteiger partial charge in [0.1, 0.15) is 17.9 Å². The molecule has 2 N–H and O–H groups in total. The van der Waals surface area contributed by atoms with Crippen LogP contribution in [-0.4, -0.2) is 36.1 Å². The number of benzene rings is 1. The van der Waals surface area contributed by atoms with Crippen LogP contribution in [0, 0.1) is 11.7 Å². The number of urea groups is 1. The van der Waals surface area contributed by atoms with Crippen LogP contribution in [0.5, 0.6) is 0 Å². The van der Waals surface area contributed by atoms with Gasteiger partial charge in [0.2, 0.25) is 0 Å². The highest BCUT2D eigenvalue weighted by Gasteiger charge is 2.55. The van der Waals surface area contributed by atoms with Crippen LogP contribution < -0.4 is 10.2 Å². The summed E-state index contributed by atoms with van der Waals surface area (Å²) in [5, 5.41) is 3.29. The fourth-order valence-electron chi connectivity index (χ4n) is 3.97. The van der Waals surface area contributed by atoms with Crippen molar-refractivity contribution in [1.29, 1.82) is 0 Å². The molecule has 0 radical (unpaired) electrons. The van der Waals surface area contributed by atoms with Gasteiger partial charge in [-0.15, -0.1) is 0 Å². The van der Waals surface area contributed by atoms with Gasteiger partial charge in [-0.3, -0.25) is 4.79 Å². The molecule has 0 aromatic heterocycles. The zero-order valence-electron chi connectivity index (χ0n) is 14.6. The van der Waals surface area contributed by atoms with Crippen LogP contribution in [0.3, 0.4) is 0 Å². The Labute approximate surface area is 152 Å². The van der Waals surface area contributed by atoms with E-state index in [0.29, 0.717) is 23.6 Å². The van der Waals surface area contributed by atoms with E-state index in [-0.39, 0.29) is 30.3 Å². The number of quaternary nitrogens is 1. The summed E-state index contributed by atoms with van der Waals surface area (Å²) in [7, 11) is 1.82. The fraction of sp³-hybridized carbons (Fsp3) is 0.556. The van der Waals surface area contributed by atoms with Gasteiger partial charge < -0.3 is 10.2 Å². The average molecular weight is 369 g/mol. The molecule has 3 rings (SSSR count). The van der Waals surface area contributed by atoms with E-state index >= 15 is 0 Å². The van der Waals surface area contributed by atoms with E-state index in [9.17, 15) is 14.0 Å². The van der Waals surface area contributed by atoms with E-state index in [4.69, 9.17) is 11.6 Å². The summed E-state index contributed by atoms with van der Waals surface area (Å²) in [6.07, 6.45) is 3.65. The maximum absolute atomic E-state index is 14.0. The molecule has 25 heavy (non-hydrogen) atoms. The smallest absolute Gasteiger partial charge is 0.323 e. The molecule has 2 fully saturated rings. The Kier molecular flexibility index (Phi) is 5.02. The number of carbonyl (C=O) groups excluding carboxylic acids is 2. The van der Waals surface area contributed by atoms with Gasteiger partial charge in [-0.2, -0.15) is 0 Å². The monoisotopic (exact) mass is 368 g/mol. The van der Waals surface area contributed by atoms with Crippen LogP contribution in [-0.2, 0) is 11.3 Å². The first-order valence-corrected chi connectivity index (χ1v) is 9.11. The lowest BCUT2D eigenvalue weighted by Crippen LogP contribution is -3.09. The molecule has 3 atom stereocenters. The number of imide groups is 1. The molecule has 1 aliphatic heterocycles. The predicted octanol–water partition coefficient (Wildman–Crippen LogP) is 1.95. The van der Waals surface area contributed by atoms with Crippen molar-refractivity contribution in [3.63, 3.8) is 0 Å². The third kappa shape index (κ3) is 3.25. The third-order valence-electron chi connectivity index (χ3n) is 5.47. The molecular weight excluding hydrogens is 345 g/mol. The third-order valence-corrected chi connectivity index (χ3v) is 5.82. The fourth-order valence-corrected chi connectivity index (χ4v) is 4.20. The van der Waals surface area contributed by atoms with E-state index in [1.165, 1.54) is 11.0 Å². The summed E-state index contributed by atoms with van der Waals surface area (Å²) in [5.41, 5.74) is -0.361. The van der Waals surface area contributed by atoms with Gasteiger partial charge in [0.25, 0.3) is 5.91 Å². The Hall–Kier alpha value is -1.66. The van der Waals surface area contributed by atoms with Crippen molar-refractivity contribution in [3.8, 4) is 0 Å². The van der Waals surface area contributed by atoms with E-state index in [1.54, 1.807) is 12.1 Å². The maximum atomic E-state index is 14.0. The molecule has 7 heteroatoms. The first-order valence-electron chi connectivity index (χ1n) is 8.73. The van der Waals surface area contributed by atoms with Gasteiger partial charge in [-0.05, 0) is 30.9 Å². The van der Waals surface area contributed by atoms with E-state index in [0.717, 1.165) is 24.2 Å². The minimum absolute atomic E-state index is 0.129. The van der Waals surface area contributed by atoms with Crippen molar-refractivity contribution in [1.82, 2.24) is 10.2 Å². The summed E-state index contributed by atoms with van der Waals surface area (Å²) in [6.45, 7) is 2.51. The van der Waals surface area contributed by atoms with Crippen molar-refractivity contribution >= 4 is 23.5 Å². The summed E-state index contributed by atoms with van der Waals surface area (Å²) in [6, 6.07) is 4.21. The van der Waals surface area contributed by atoms with Gasteiger partial charge in [-0.25, -0.2) is 14.1 Å². The Morgan fingerprint density at radius 3 is 2.84 bits per heavy atom. The lowest BCUT2D eigenvalue weighted by Gasteiger charge is -2.36. The Bertz CT molecular complexity index is 679. The predicted molar refractivity (Wildman–Crippen MR) is 92.6 cm³/mol. The lowest BCUT2D eigenvalue weighted by molar-refractivity contribution is -0.901. The van der Waals surface area contributed by atoms with Crippen LogP contribution in [0.1, 0.15) is 38.2 Å². The number of hydrogen-bond acceptors (Lipinski definition) is 2. The average Bonchev–Trinajstić information content (AvgIpc) is 2.79. The van der Waals surface area contributed by atoms with Crippen LogP contribution in [0.2, 0.25) is 5.02 Å². The SMILES string of the molecule is C[C@@H]1CCCC[C@]12NC(=O)N(C[NH+](C)Cc1c(F)cccc1Cl)C2=O. The van der Waals surface area contributed by atoms with Crippen LogP contribution in [0.15, 0.2) is 18.2 Å². The van der Waals surface area contributed by atoms with Crippen LogP contribution in [0.25, 0.3) is 0 Å². The van der Waals surface area contributed by atoms with Gasteiger partial charge >= 0.3 is 6.03 Å². The quantitative estimate of drug-likeness (QED) is 0.798. The minimum Gasteiger partial charge on any atom is -0.323 e. The zero-order chi connectivity index (χ0) is 18.2. The highest BCUT2D eigenvalue weighted by molar-refractivity contribution is 6.31. The summed E-state index contributed by atoms with van der Waals surface area (Å²) >= 11 is 6.07. The molecule has 136 valence electrons. The second kappa shape index (κ2) is 6.92. The normalized spacial score (nSPS) is 27.7. The van der Waals surface area contributed by atoms with Crippen LogP contribution in [0.4, 0.5) is 9.18 Å². The molecule has 2 aliphatic rings. The first-order chi connectivity index (χ1) is 11.8. The molecule has 1 saturated carbocycles. The molecule has 1 heterocycles. The van der Waals surface area contributed by atoms with Crippen LogP contribution >= 0.6 is 11.6 Å². The molecule has 3 amide bonds. The maximum Gasteiger partial charge on any atom is 0.329 e. The summed E-state index contributed by atoms with van der Waals surface area (Å²) < 4.78 is 14.0. The minimum atomic E-state index is -0.759. The van der Waals surface area contributed by atoms with Crippen molar-refractivity contribution in [2.24, 2.45) is 5.92 Å². The highest BCUT2D eigenvalue weighted by Crippen LogP contribution is 2.37. The second-order valence-electron chi connectivity index (χ2n) is 7.27. The Morgan fingerprint density at radius 1 is 1.40 bits per heavy atom. The highest BCUT2D eigenvalue weighted by atomic mass is 35.5. The summed E-state index contributed by atoms with van der Waals surface area (Å²) in [5.74, 6) is -0.394. The van der Waals surface area contributed by atoms with Gasteiger partial charge in [0, 0.05) is 0 Å². The largest absolute Gasteiger partial charge is 0.329 e. The number of carbonyl (C=O) groups is 2. The molecule has 5 nitrogen and oxygen atoms in total. The van der Waals surface area contributed by atoms with E-state index in [2.05, 4.69) is 5.32 Å². The number of hydrogen-bond donors (Lipinski definition) is 2. The van der Waals surface area contributed by atoms with Gasteiger partial charge in [0.05, 0.1) is 17.6 Å². The number of amides is 3. The zero-order valence-corrected chi connectivity index (χ0v) is 15.3. The first kappa shape index (κ1) is 18.1. The lowest BCUT2D eigenvalue weighted by atomic mass is 9.73. The van der Waals surface area contributed by atoms with Gasteiger partial charge in [0.15, 0.2) is 6.67 Å². The van der Waals surface area contributed by atoms with E-state index in [1.807, 2.05) is 14.0 Å². The van der Waals surface area contributed by atoms with E-state index < -0.39 is 5.54 Å². The number of halogens is 2. The molecule has 1 spiro atoms. The van der Waals surface area contributed by atoms with Crippen molar-refractivity contribution < 1.29 is 18.9 Å². The molecule has 1 unspecified atom stereocenters. The second-order valence-corrected chi connectivity index (χ2v) is 7.68. The molecule has 1 saturated heterocycles. The van der Waals surface area contributed by atoms with Gasteiger partial charge in [-0.1, -0.05) is 37.4 Å². The molecule has 0 bridgehead atoms. The Balaban J connectivity index is 1.72. The van der Waals surface area contributed by atoms with Crippen molar-refractivity contribution in [2.75, 3.05) is 13.7 Å². The van der Waals surface area contributed by atoms with Crippen molar-refractivity contribution in [3.05, 3.63) is 34.6 Å². The number of nitrogens with one attached hydrogen (secondary N) is 2. The Morgan fingerprint density at radius 2 is 2.16 bits per heavy atom. The van der Waals surface area contributed by atoms with Crippen molar-refractivity contribution in [2.45, 2.75) is 44.7 Å². The summed E-state index contributed by atoms with van der Waals surface area (Å²) in [4.78, 5) is 27.4. The standard InChI is InChI=1S/C18H23ClFN3O2/c1-12-6-3-4-9-18(12)16(24)23(17(25)21-18)11-22(2)10-13-14(19)7-5-8-15(13)20/h5,7-8,12H,3-4,6,9-11H2,1-2H3,(H,21,25)/p+1/t12-,18+/m1/s1. The number of nitrogens with zero attached hydrogens (tertiary/aromatic N) is 1. The molecular formula is C18H24ClFN3O2+. The molecule has 1 aromatic rings. The number of rotatable bonds is 4. The topological polar surface area (TPSA) is 53.9 Å².